The number of aryl methyl sites for hydroxylation is 2. The number of aliphatic hydroxyl groups is 1. The van der Waals surface area contributed by atoms with E-state index < -0.39 is 22.7 Å². The molecule has 1 N–H and O–H groups in total. The Morgan fingerprint density at radius 2 is 0.883 bits per heavy atom. The van der Waals surface area contributed by atoms with Crippen LogP contribution in [0.15, 0.2) is 109 Å². The van der Waals surface area contributed by atoms with Crippen LogP contribution in [0, 0.1) is 23.7 Å². The van der Waals surface area contributed by atoms with Crippen LogP contribution < -0.4 is 0 Å². The predicted octanol–water partition coefficient (Wildman–Crippen LogP) is 12.3. The summed E-state index contributed by atoms with van der Waals surface area (Å²) in [6, 6.07) is 34.7. The molecule has 4 unspecified atom stereocenters. The average molecular weight is 1090 g/mol. The monoisotopic (exact) mass is 1090 g/mol. The first-order chi connectivity index (χ1) is 35.8. The van der Waals surface area contributed by atoms with Gasteiger partial charge in [-0.15, -0.1) is 0 Å². The summed E-state index contributed by atoms with van der Waals surface area (Å²) in [5, 5.41) is 10.1. The van der Waals surface area contributed by atoms with Crippen molar-refractivity contribution >= 4 is 46.5 Å². The molecular formula is C63H88N2O10Si2. The normalized spacial score (nSPS) is 24.3. The molecule has 0 bridgehead atoms. The van der Waals surface area contributed by atoms with E-state index in [1.54, 1.807) is 48.5 Å². The van der Waals surface area contributed by atoms with Gasteiger partial charge in [0.15, 0.2) is 16.6 Å². The molecule has 2 saturated heterocycles. The Labute approximate surface area is 461 Å². The smallest absolute Gasteiger partial charge is 0.261 e. The van der Waals surface area contributed by atoms with Crippen LogP contribution in [0.4, 0.5) is 0 Å². The number of fused-ring (bicyclic) bond motifs is 2. The molecule has 4 aromatic carbocycles. The molecule has 0 aromatic heterocycles. The summed E-state index contributed by atoms with van der Waals surface area (Å²) in [4.78, 5) is 67.3. The Morgan fingerprint density at radius 1 is 0.545 bits per heavy atom. The molecule has 4 aliphatic heterocycles. The quantitative estimate of drug-likeness (QED) is 0.0515. The molecule has 4 aromatic rings. The number of rotatable bonds is 20. The first-order valence-corrected chi connectivity index (χ1v) is 33.4. The number of hydrogen-bond acceptors (Lipinski definition) is 10. The van der Waals surface area contributed by atoms with Crippen molar-refractivity contribution in [2.75, 3.05) is 19.7 Å². The Hall–Kier alpha value is -4.94. The van der Waals surface area contributed by atoms with Crippen molar-refractivity contribution in [2.24, 2.45) is 23.7 Å². The van der Waals surface area contributed by atoms with Gasteiger partial charge >= 0.3 is 0 Å². The highest BCUT2D eigenvalue weighted by Gasteiger charge is 2.48. The van der Waals surface area contributed by atoms with Crippen LogP contribution >= 0.6 is 0 Å². The van der Waals surface area contributed by atoms with Crippen LogP contribution in [0.3, 0.4) is 0 Å². The fourth-order valence-electron chi connectivity index (χ4n) is 11.0. The summed E-state index contributed by atoms with van der Waals surface area (Å²) in [5.41, 5.74) is 4.32. The number of carbonyl (C=O) groups is 5. The van der Waals surface area contributed by atoms with Crippen molar-refractivity contribution in [2.45, 2.75) is 174 Å². The molecule has 10 atom stereocenters. The zero-order valence-corrected chi connectivity index (χ0v) is 49.1. The Balaban J connectivity index is 0.000000246. The second kappa shape index (κ2) is 25.5. The van der Waals surface area contributed by atoms with Crippen LogP contribution in [0.2, 0.25) is 36.3 Å². The van der Waals surface area contributed by atoms with Crippen molar-refractivity contribution < 1.29 is 47.4 Å². The lowest BCUT2D eigenvalue weighted by Crippen LogP contribution is -2.49. The summed E-state index contributed by atoms with van der Waals surface area (Å²) >= 11 is 0. The van der Waals surface area contributed by atoms with Gasteiger partial charge < -0.3 is 28.2 Å². The highest BCUT2D eigenvalue weighted by atomic mass is 28.4. The molecule has 4 aliphatic rings. The molecule has 0 spiro atoms. The summed E-state index contributed by atoms with van der Waals surface area (Å²) < 4.78 is 26.4. The number of aliphatic hydroxyl groups excluding tert-OH is 1. The average Bonchev–Trinajstić information content (AvgIpc) is 4.02. The van der Waals surface area contributed by atoms with Gasteiger partial charge in [-0.2, -0.15) is 0 Å². The molecule has 418 valence electrons. The van der Waals surface area contributed by atoms with Crippen molar-refractivity contribution in [1.29, 1.82) is 0 Å². The van der Waals surface area contributed by atoms with E-state index in [2.05, 4.69) is 118 Å². The molecule has 8 rings (SSSR count). The maximum Gasteiger partial charge on any atom is 0.261 e. The third-order valence-electron chi connectivity index (χ3n) is 17.7. The minimum Gasteiger partial charge on any atom is -0.412 e. The maximum absolute atomic E-state index is 13.2. The fourth-order valence-corrected chi connectivity index (χ4v) is 13.7. The van der Waals surface area contributed by atoms with E-state index in [4.69, 9.17) is 18.3 Å². The lowest BCUT2D eigenvalue weighted by molar-refractivity contribution is -0.119. The van der Waals surface area contributed by atoms with Crippen molar-refractivity contribution in [3.63, 3.8) is 0 Å². The van der Waals surface area contributed by atoms with Gasteiger partial charge in [-0.1, -0.05) is 148 Å². The number of amides is 4. The molecule has 12 nitrogen and oxygen atoms in total. The molecule has 77 heavy (non-hydrogen) atoms. The number of aldehydes is 1. The van der Waals surface area contributed by atoms with E-state index in [0.717, 1.165) is 32.0 Å². The van der Waals surface area contributed by atoms with Crippen LogP contribution in [-0.2, 0) is 36.0 Å². The summed E-state index contributed by atoms with van der Waals surface area (Å²) in [6.45, 7) is 26.5. The van der Waals surface area contributed by atoms with Gasteiger partial charge in [-0.25, -0.2) is 0 Å². The first kappa shape index (κ1) is 61.3. The second-order valence-electron chi connectivity index (χ2n) is 24.8. The number of benzene rings is 4. The highest BCUT2D eigenvalue weighted by molar-refractivity contribution is 6.74. The Kier molecular flexibility index (Phi) is 20.3. The predicted molar refractivity (Wildman–Crippen MR) is 309 cm³/mol. The van der Waals surface area contributed by atoms with Crippen molar-refractivity contribution in [3.8, 4) is 0 Å². The van der Waals surface area contributed by atoms with Crippen LogP contribution in [0.25, 0.3) is 0 Å². The van der Waals surface area contributed by atoms with E-state index in [1.807, 2.05) is 24.3 Å². The van der Waals surface area contributed by atoms with Gasteiger partial charge in [0.05, 0.1) is 72.5 Å². The van der Waals surface area contributed by atoms with Gasteiger partial charge in [0, 0.05) is 12.8 Å². The van der Waals surface area contributed by atoms with Gasteiger partial charge in [-0.05, 0) is 121 Å². The van der Waals surface area contributed by atoms with Crippen LogP contribution in [-0.4, -0.2) is 118 Å². The Bertz CT molecular complexity index is 2580. The number of hydrogen-bond donors (Lipinski definition) is 1. The van der Waals surface area contributed by atoms with Crippen molar-refractivity contribution in [1.82, 2.24) is 9.80 Å². The third-order valence-corrected chi connectivity index (χ3v) is 26.8. The number of ether oxygens (including phenoxy) is 2. The Morgan fingerprint density at radius 3 is 1.23 bits per heavy atom. The topological polar surface area (TPSA) is 149 Å². The molecule has 2 fully saturated rings. The highest BCUT2D eigenvalue weighted by Crippen LogP contribution is 2.43. The molecule has 0 saturated carbocycles. The minimum atomic E-state index is -2.23. The lowest BCUT2D eigenvalue weighted by atomic mass is 9.83. The van der Waals surface area contributed by atoms with E-state index >= 15 is 0 Å². The standard InChI is InChI=1S/C31H43NO5Si.C31H41NO5Si.CH4/c2*1-21-24(17-16-22-12-8-7-9-13-22)28(20-33)36-27(21)18-23(37-38(5,6)31(2,3)4)19-32-29(34)25-14-10-11-15-26(25)30(32)35;/h7-15,21,23-24,27-28,33H,16-20H2,1-6H3;7-15,20-21,23-24,27-28H,16-19H2,1-6H3;1H4/t2*21-,23?,24?,27-,28+;/m11./s1. The zero-order chi connectivity index (χ0) is 55.3. The number of carbonyl (C=O) groups excluding carboxylic acids is 5. The lowest BCUT2D eigenvalue weighted by Gasteiger charge is -2.40. The minimum absolute atomic E-state index is 0. The summed E-state index contributed by atoms with van der Waals surface area (Å²) in [7, 11) is -4.45. The van der Waals surface area contributed by atoms with E-state index in [9.17, 15) is 29.1 Å². The van der Waals surface area contributed by atoms with E-state index in [0.29, 0.717) is 35.1 Å². The SMILES string of the molecule is C.C[C@@H]1C(CCc2ccccc2)[C@H](C=O)O[C@@H]1CC(CN1C(=O)c2ccccc2C1=O)O[Si](C)(C)C(C)(C)C.C[C@@H]1C(CCc2ccccc2)[C@H](CO)O[C@@H]1CC(CN1C(=O)c2ccccc2C1=O)O[Si](C)(C)C(C)(C)C. The molecule has 0 aliphatic carbocycles. The van der Waals surface area contributed by atoms with Crippen LogP contribution in [0.1, 0.15) is 141 Å². The fraction of sp³-hybridized carbons (Fsp3) is 0.540. The van der Waals surface area contributed by atoms with Crippen LogP contribution in [0.5, 0.6) is 0 Å². The third kappa shape index (κ3) is 14.1. The van der Waals surface area contributed by atoms with E-state index in [1.165, 1.54) is 20.9 Å². The van der Waals surface area contributed by atoms with Crippen molar-refractivity contribution in [3.05, 3.63) is 143 Å². The number of nitrogens with zero attached hydrogens (tertiary/aromatic N) is 2. The largest absolute Gasteiger partial charge is 0.412 e. The van der Waals surface area contributed by atoms with Gasteiger partial charge in [-0.3, -0.25) is 29.0 Å². The van der Waals surface area contributed by atoms with Gasteiger partial charge in [0.25, 0.3) is 23.6 Å². The summed E-state index contributed by atoms with van der Waals surface area (Å²) in [6.07, 6.45) is 3.87. The molecule has 4 heterocycles. The summed E-state index contributed by atoms with van der Waals surface area (Å²) in [5.74, 6) is -0.399. The molecule has 14 heteroatoms. The first-order valence-electron chi connectivity index (χ1n) is 27.6. The second-order valence-corrected chi connectivity index (χ2v) is 34.3. The van der Waals surface area contributed by atoms with Gasteiger partial charge in [0.2, 0.25) is 0 Å². The van der Waals surface area contributed by atoms with Gasteiger partial charge in [0.1, 0.15) is 12.4 Å². The molecule has 0 radical (unpaired) electrons. The zero-order valence-electron chi connectivity index (χ0n) is 47.1. The maximum atomic E-state index is 13.2. The van der Waals surface area contributed by atoms with E-state index in [-0.39, 0.29) is 115 Å². The molecule has 4 amide bonds. The number of imide groups is 2. The molecular weight excluding hydrogens is 1000 g/mol.